The van der Waals surface area contributed by atoms with Gasteiger partial charge in [0.05, 0.1) is 19.8 Å². The molecule has 0 aromatic heterocycles. The van der Waals surface area contributed by atoms with Crippen LogP contribution in [0.5, 0.6) is 0 Å². The van der Waals surface area contributed by atoms with Crippen LogP contribution in [0.2, 0.25) is 0 Å². The Morgan fingerprint density at radius 2 is 1.75 bits per heavy atom. The van der Waals surface area contributed by atoms with E-state index in [1.165, 1.54) is 17.3 Å². The summed E-state index contributed by atoms with van der Waals surface area (Å²) in [7, 11) is 0. The van der Waals surface area contributed by atoms with Crippen LogP contribution in [-0.2, 0) is 9.47 Å². The van der Waals surface area contributed by atoms with Gasteiger partial charge in [-0.25, -0.2) is 4.79 Å². The average Bonchev–Trinajstić information content (AvgIpc) is 2.25. The Balaban J connectivity index is 2.90. The summed E-state index contributed by atoms with van der Waals surface area (Å²) >= 11 is 2.37. The van der Waals surface area contributed by atoms with Crippen LogP contribution >= 0.6 is 22.6 Å². The molecule has 0 radical (unpaired) electrons. The van der Waals surface area contributed by atoms with Gasteiger partial charge in [0.15, 0.2) is 0 Å². The lowest BCUT2D eigenvalue weighted by Crippen LogP contribution is -2.25. The minimum Gasteiger partial charge on any atom is -0.465 e. The van der Waals surface area contributed by atoms with Gasteiger partial charge in [-0.05, 0) is 17.3 Å². The fourth-order valence-corrected chi connectivity index (χ4v) is 1.57. The molecule has 0 saturated carbocycles. The molecular formula is C10H20INO4. The van der Waals surface area contributed by atoms with Gasteiger partial charge in [0.25, 0.3) is 0 Å². The van der Waals surface area contributed by atoms with Crippen molar-refractivity contribution in [2.45, 2.75) is 19.3 Å². The number of alkyl halides is 1. The molecule has 0 rings (SSSR count). The van der Waals surface area contributed by atoms with Gasteiger partial charge >= 0.3 is 6.09 Å². The largest absolute Gasteiger partial charge is 0.465 e. The number of unbranched alkanes of at least 4 members (excludes halogenated alkanes) is 2. The van der Waals surface area contributed by atoms with E-state index in [9.17, 15) is 4.79 Å². The van der Waals surface area contributed by atoms with Gasteiger partial charge in [-0.15, -0.1) is 0 Å². The minimum atomic E-state index is -1.02. The molecular weight excluding hydrogens is 325 g/mol. The summed E-state index contributed by atoms with van der Waals surface area (Å²) in [5, 5.41) is 10.5. The maximum absolute atomic E-state index is 10.1. The molecule has 0 aromatic carbocycles. The van der Waals surface area contributed by atoms with Gasteiger partial charge in [0, 0.05) is 13.2 Å². The number of amides is 1. The van der Waals surface area contributed by atoms with Crippen molar-refractivity contribution in [3.05, 3.63) is 0 Å². The fourth-order valence-electron chi connectivity index (χ4n) is 1.03. The van der Waals surface area contributed by atoms with Gasteiger partial charge in [-0.1, -0.05) is 29.0 Å². The molecule has 2 N–H and O–H groups in total. The van der Waals surface area contributed by atoms with Crippen LogP contribution in [-0.4, -0.2) is 48.6 Å². The molecule has 1 amide bonds. The summed E-state index contributed by atoms with van der Waals surface area (Å²) in [4.78, 5) is 10.1. The second kappa shape index (κ2) is 13.0. The predicted octanol–water partition coefficient (Wildman–Crippen LogP) is 1.89. The highest BCUT2D eigenvalue weighted by atomic mass is 127. The number of halogens is 1. The summed E-state index contributed by atoms with van der Waals surface area (Å²) in [6.07, 6.45) is 2.55. The zero-order chi connectivity index (χ0) is 12.1. The van der Waals surface area contributed by atoms with Gasteiger partial charge in [-0.2, -0.15) is 0 Å². The van der Waals surface area contributed by atoms with Crippen molar-refractivity contribution in [1.29, 1.82) is 0 Å². The average molecular weight is 345 g/mol. The molecule has 0 aliphatic rings. The molecule has 0 aliphatic heterocycles. The molecule has 0 spiro atoms. The number of hydrogen-bond donors (Lipinski definition) is 2. The summed E-state index contributed by atoms with van der Waals surface area (Å²) in [5.74, 6) is 0. The number of carbonyl (C=O) groups is 1. The number of carboxylic acid groups (broad SMARTS) is 1. The minimum absolute atomic E-state index is 0.324. The topological polar surface area (TPSA) is 67.8 Å². The van der Waals surface area contributed by atoms with Crippen LogP contribution in [0.1, 0.15) is 19.3 Å². The molecule has 0 saturated heterocycles. The first-order valence-electron chi connectivity index (χ1n) is 5.45. The van der Waals surface area contributed by atoms with Crippen LogP contribution in [0.15, 0.2) is 0 Å². The summed E-state index contributed by atoms with van der Waals surface area (Å²) in [6, 6.07) is 0. The van der Waals surface area contributed by atoms with Crippen LogP contribution < -0.4 is 5.32 Å². The maximum atomic E-state index is 10.1. The SMILES string of the molecule is O=C(O)NCCOCCOCCCCCI. The highest BCUT2D eigenvalue weighted by Crippen LogP contribution is 1.98. The van der Waals surface area contributed by atoms with Gasteiger partial charge < -0.3 is 19.9 Å². The summed E-state index contributed by atoms with van der Waals surface area (Å²) < 4.78 is 11.7. The second-order valence-electron chi connectivity index (χ2n) is 3.21. The highest BCUT2D eigenvalue weighted by Gasteiger charge is 1.93. The van der Waals surface area contributed by atoms with E-state index in [1.54, 1.807) is 0 Å². The summed E-state index contributed by atoms with van der Waals surface area (Å²) in [5.41, 5.74) is 0. The third kappa shape index (κ3) is 13.9. The molecule has 0 fully saturated rings. The summed E-state index contributed by atoms with van der Waals surface area (Å²) in [6.45, 7) is 2.60. The lowest BCUT2D eigenvalue weighted by Gasteiger charge is -2.05. The molecule has 96 valence electrons. The van der Waals surface area contributed by atoms with E-state index in [-0.39, 0.29) is 0 Å². The fraction of sp³-hybridized carbons (Fsp3) is 0.900. The molecule has 0 heterocycles. The standard InChI is InChI=1S/C10H20INO4/c11-4-2-1-3-6-15-8-9-16-7-5-12-10(13)14/h12H,1-9H2,(H,13,14). The third-order valence-electron chi connectivity index (χ3n) is 1.82. The second-order valence-corrected chi connectivity index (χ2v) is 4.29. The Hall–Kier alpha value is -0.0800. The Morgan fingerprint density at radius 1 is 1.06 bits per heavy atom. The smallest absolute Gasteiger partial charge is 0.404 e. The monoisotopic (exact) mass is 345 g/mol. The molecule has 0 bridgehead atoms. The van der Waals surface area contributed by atoms with Crippen molar-refractivity contribution in [1.82, 2.24) is 5.32 Å². The number of hydrogen-bond acceptors (Lipinski definition) is 3. The van der Waals surface area contributed by atoms with Crippen LogP contribution in [0, 0.1) is 0 Å². The molecule has 0 aliphatic carbocycles. The molecule has 5 nitrogen and oxygen atoms in total. The van der Waals surface area contributed by atoms with Crippen molar-refractivity contribution >= 4 is 28.7 Å². The Labute approximate surface area is 110 Å². The van der Waals surface area contributed by atoms with E-state index in [1.807, 2.05) is 0 Å². The highest BCUT2D eigenvalue weighted by molar-refractivity contribution is 14.1. The normalized spacial score (nSPS) is 10.3. The van der Waals surface area contributed by atoms with Crippen LogP contribution in [0.25, 0.3) is 0 Å². The molecule has 0 aromatic rings. The van der Waals surface area contributed by atoms with Gasteiger partial charge in [-0.3, -0.25) is 0 Å². The molecule has 6 heteroatoms. The van der Waals surface area contributed by atoms with Crippen LogP contribution in [0.4, 0.5) is 4.79 Å². The third-order valence-corrected chi connectivity index (χ3v) is 2.58. The van der Waals surface area contributed by atoms with E-state index >= 15 is 0 Å². The Bertz CT molecular complexity index is 169. The van der Waals surface area contributed by atoms with Crippen molar-refractivity contribution < 1.29 is 19.4 Å². The lowest BCUT2D eigenvalue weighted by molar-refractivity contribution is 0.0475. The van der Waals surface area contributed by atoms with E-state index in [0.29, 0.717) is 26.4 Å². The van der Waals surface area contributed by atoms with Crippen molar-refractivity contribution in [2.24, 2.45) is 0 Å². The van der Waals surface area contributed by atoms with E-state index in [2.05, 4.69) is 27.9 Å². The first-order valence-corrected chi connectivity index (χ1v) is 6.98. The zero-order valence-corrected chi connectivity index (χ0v) is 11.6. The van der Waals surface area contributed by atoms with Gasteiger partial charge in [0.1, 0.15) is 0 Å². The first kappa shape index (κ1) is 15.9. The number of rotatable bonds is 11. The Kier molecular flexibility index (Phi) is 12.9. The maximum Gasteiger partial charge on any atom is 0.404 e. The quantitative estimate of drug-likeness (QED) is 0.341. The van der Waals surface area contributed by atoms with Gasteiger partial charge in [0.2, 0.25) is 0 Å². The van der Waals surface area contributed by atoms with E-state index in [4.69, 9.17) is 14.6 Å². The van der Waals surface area contributed by atoms with E-state index < -0.39 is 6.09 Å². The lowest BCUT2D eigenvalue weighted by atomic mass is 10.3. The molecule has 16 heavy (non-hydrogen) atoms. The number of ether oxygens (including phenoxy) is 2. The first-order chi connectivity index (χ1) is 7.77. The Morgan fingerprint density at radius 3 is 2.38 bits per heavy atom. The zero-order valence-electron chi connectivity index (χ0n) is 9.41. The van der Waals surface area contributed by atoms with Crippen LogP contribution in [0.3, 0.4) is 0 Å². The molecule has 0 unspecified atom stereocenters. The van der Waals surface area contributed by atoms with Crippen molar-refractivity contribution in [2.75, 3.05) is 37.4 Å². The number of nitrogens with one attached hydrogen (secondary N) is 1. The van der Waals surface area contributed by atoms with Crippen molar-refractivity contribution in [3.8, 4) is 0 Å². The van der Waals surface area contributed by atoms with Crippen molar-refractivity contribution in [3.63, 3.8) is 0 Å². The predicted molar refractivity (Wildman–Crippen MR) is 70.4 cm³/mol. The van der Waals surface area contributed by atoms with E-state index in [0.717, 1.165) is 13.0 Å². The molecule has 0 atom stereocenters.